The maximum absolute atomic E-state index is 14.6. The molecule has 1 fully saturated rings. The molecule has 0 aromatic heterocycles. The van der Waals surface area contributed by atoms with Crippen molar-refractivity contribution in [1.29, 1.82) is 0 Å². The minimum atomic E-state index is -4.29. The number of carbonyl (C=O) groups is 3. The molecule has 2 N–H and O–H groups in total. The minimum absolute atomic E-state index is 0.0318. The second-order valence-electron chi connectivity index (χ2n) is 11.6. The van der Waals surface area contributed by atoms with Crippen LogP contribution >= 0.6 is 0 Å². The van der Waals surface area contributed by atoms with E-state index in [1.807, 2.05) is 19.9 Å². The number of halogens is 1. The van der Waals surface area contributed by atoms with Gasteiger partial charge in [0, 0.05) is 24.3 Å². The Morgan fingerprint density at radius 3 is 2.47 bits per heavy atom. The topological polar surface area (TPSA) is 143 Å². The van der Waals surface area contributed by atoms with E-state index in [2.05, 4.69) is 5.32 Å². The number of nitrogens with one attached hydrogen (secondary N) is 1. The van der Waals surface area contributed by atoms with Crippen LogP contribution in [0.1, 0.15) is 43.1 Å². The predicted octanol–water partition coefficient (Wildman–Crippen LogP) is 4.19. The van der Waals surface area contributed by atoms with Crippen LogP contribution in [0.4, 0.5) is 14.9 Å². The molecule has 47 heavy (non-hydrogen) atoms. The monoisotopic (exact) mass is 669 g/mol. The molecule has 0 aliphatic carbocycles. The zero-order valence-corrected chi connectivity index (χ0v) is 27.6. The highest BCUT2D eigenvalue weighted by atomic mass is 32.2. The van der Waals surface area contributed by atoms with Gasteiger partial charge in [0.15, 0.2) is 23.5 Å². The first-order valence-electron chi connectivity index (χ1n) is 15.3. The number of rotatable bonds is 15. The number of benzene rings is 3. The van der Waals surface area contributed by atoms with Gasteiger partial charge in [0.25, 0.3) is 5.91 Å². The van der Waals surface area contributed by atoms with Crippen LogP contribution in [0, 0.1) is 11.7 Å². The lowest BCUT2D eigenvalue weighted by Gasteiger charge is -2.31. The fraction of sp³-hybridized carbons (Fsp3) is 0.382. The Bertz CT molecular complexity index is 1690. The zero-order valence-electron chi connectivity index (χ0n) is 26.8. The number of ether oxygens (including phenoxy) is 2. The van der Waals surface area contributed by atoms with Crippen LogP contribution in [0.5, 0.6) is 5.75 Å². The third-order valence-corrected chi connectivity index (χ3v) is 9.95. The lowest BCUT2D eigenvalue weighted by atomic mass is 10.0. The van der Waals surface area contributed by atoms with Crippen LogP contribution in [-0.2, 0) is 26.0 Å². The highest BCUT2D eigenvalue weighted by molar-refractivity contribution is 7.89. The molecule has 3 aromatic rings. The summed E-state index contributed by atoms with van der Waals surface area (Å²) in [4.78, 5) is 39.0. The molecule has 11 nitrogen and oxygen atoms in total. The first-order chi connectivity index (χ1) is 22.3. The van der Waals surface area contributed by atoms with Gasteiger partial charge in [0.2, 0.25) is 10.0 Å². The molecule has 1 aliphatic heterocycles. The van der Waals surface area contributed by atoms with Gasteiger partial charge in [-0.15, -0.1) is 0 Å². The van der Waals surface area contributed by atoms with E-state index in [4.69, 9.17) is 9.47 Å². The number of amides is 2. The standard InChI is InChI=1S/C34H40FN3O8S/c1-5-22(2)19-37(47(43,44)27-14-15-31(45-4)28(35)18-27)20-30(40)29(16-24-10-7-6-8-11-24)36-33(41)32-21-38(34(42)46-32)26-13-9-12-25(17-26)23(3)39/h6-15,17-18,22,29-30,32,40H,5,16,19-21H2,1-4H3,(H,36,41)/t22-,29-,30+,32-/m0/s1. The van der Waals surface area contributed by atoms with E-state index in [1.54, 1.807) is 42.5 Å². The average Bonchev–Trinajstić information content (AvgIpc) is 3.45. The fourth-order valence-corrected chi connectivity index (χ4v) is 6.76. The predicted molar refractivity (Wildman–Crippen MR) is 173 cm³/mol. The summed E-state index contributed by atoms with van der Waals surface area (Å²) < 4.78 is 53.5. The molecule has 4 atom stereocenters. The van der Waals surface area contributed by atoms with Crippen molar-refractivity contribution in [1.82, 2.24) is 9.62 Å². The molecule has 2 amide bonds. The zero-order chi connectivity index (χ0) is 34.3. The summed E-state index contributed by atoms with van der Waals surface area (Å²) in [7, 11) is -3.02. The number of aliphatic hydroxyl groups excluding tert-OH is 1. The molecular formula is C34H40FN3O8S. The molecule has 0 spiro atoms. The number of anilines is 1. The molecule has 0 bridgehead atoms. The van der Waals surface area contributed by atoms with Gasteiger partial charge in [-0.25, -0.2) is 17.6 Å². The van der Waals surface area contributed by atoms with Crippen molar-refractivity contribution in [3.63, 3.8) is 0 Å². The molecular weight excluding hydrogens is 629 g/mol. The number of carbonyl (C=O) groups excluding carboxylic acids is 3. The molecule has 0 radical (unpaired) electrons. The number of aliphatic hydroxyl groups is 1. The highest BCUT2D eigenvalue weighted by Gasteiger charge is 2.39. The molecule has 1 heterocycles. The second-order valence-corrected chi connectivity index (χ2v) is 13.5. The fourth-order valence-electron chi connectivity index (χ4n) is 5.17. The van der Waals surface area contributed by atoms with Crippen LogP contribution in [0.2, 0.25) is 0 Å². The number of nitrogens with zero attached hydrogens (tertiary/aromatic N) is 2. The Hall–Kier alpha value is -4.33. The number of Topliss-reactive ketones (excluding diaryl/α,β-unsaturated/α-hetero) is 1. The number of methoxy groups -OCH3 is 1. The Morgan fingerprint density at radius 2 is 1.83 bits per heavy atom. The van der Waals surface area contributed by atoms with E-state index >= 15 is 0 Å². The minimum Gasteiger partial charge on any atom is -0.494 e. The van der Waals surface area contributed by atoms with E-state index in [1.165, 1.54) is 37.1 Å². The van der Waals surface area contributed by atoms with Crippen molar-refractivity contribution in [3.8, 4) is 5.75 Å². The van der Waals surface area contributed by atoms with Crippen molar-refractivity contribution in [2.24, 2.45) is 5.92 Å². The van der Waals surface area contributed by atoms with Gasteiger partial charge in [-0.1, -0.05) is 62.7 Å². The number of cyclic esters (lactones) is 1. The molecule has 1 saturated heterocycles. The molecule has 1 aliphatic rings. The normalized spacial score (nSPS) is 16.8. The van der Waals surface area contributed by atoms with Crippen molar-refractivity contribution in [2.75, 3.05) is 31.6 Å². The van der Waals surface area contributed by atoms with Crippen molar-refractivity contribution in [2.45, 2.75) is 56.8 Å². The van der Waals surface area contributed by atoms with E-state index in [-0.39, 0.29) is 41.9 Å². The van der Waals surface area contributed by atoms with Crippen LogP contribution in [-0.4, -0.2) is 80.6 Å². The smallest absolute Gasteiger partial charge is 0.415 e. The van der Waals surface area contributed by atoms with Crippen LogP contribution in [0.15, 0.2) is 77.7 Å². The van der Waals surface area contributed by atoms with Gasteiger partial charge in [0.05, 0.1) is 30.7 Å². The molecule has 0 unspecified atom stereocenters. The van der Waals surface area contributed by atoms with Crippen LogP contribution in [0.3, 0.4) is 0 Å². The van der Waals surface area contributed by atoms with E-state index in [0.717, 1.165) is 15.9 Å². The van der Waals surface area contributed by atoms with Gasteiger partial charge in [0.1, 0.15) is 0 Å². The number of hydrogen-bond acceptors (Lipinski definition) is 8. The molecule has 13 heteroatoms. The summed E-state index contributed by atoms with van der Waals surface area (Å²) in [5.41, 5.74) is 1.54. The summed E-state index contributed by atoms with van der Waals surface area (Å²) in [6.07, 6.45) is -2.66. The quantitative estimate of drug-likeness (QED) is 0.230. The largest absolute Gasteiger partial charge is 0.494 e. The molecule has 0 saturated carbocycles. The Kier molecular flexibility index (Phi) is 11.7. The number of hydrogen-bond donors (Lipinski definition) is 2. The Morgan fingerprint density at radius 1 is 1.11 bits per heavy atom. The maximum atomic E-state index is 14.6. The third-order valence-electron chi connectivity index (χ3n) is 8.12. The van der Waals surface area contributed by atoms with Gasteiger partial charge < -0.3 is 19.9 Å². The first kappa shape index (κ1) is 35.5. The molecule has 3 aromatic carbocycles. The summed E-state index contributed by atoms with van der Waals surface area (Å²) in [6.45, 7) is 4.65. The van der Waals surface area contributed by atoms with Crippen molar-refractivity contribution < 1.29 is 41.8 Å². The van der Waals surface area contributed by atoms with Crippen molar-refractivity contribution in [3.05, 3.63) is 89.7 Å². The van der Waals surface area contributed by atoms with Gasteiger partial charge >= 0.3 is 6.09 Å². The van der Waals surface area contributed by atoms with Crippen LogP contribution < -0.4 is 15.0 Å². The Labute approximate surface area is 274 Å². The molecule has 4 rings (SSSR count). The Balaban J connectivity index is 1.58. The van der Waals surface area contributed by atoms with E-state index in [0.29, 0.717) is 17.7 Å². The van der Waals surface area contributed by atoms with Gasteiger partial charge in [-0.2, -0.15) is 4.31 Å². The molecule has 252 valence electrons. The summed E-state index contributed by atoms with van der Waals surface area (Å²) in [5, 5.41) is 14.3. The summed E-state index contributed by atoms with van der Waals surface area (Å²) in [6, 6.07) is 17.7. The average molecular weight is 670 g/mol. The first-order valence-corrected chi connectivity index (χ1v) is 16.7. The highest BCUT2D eigenvalue weighted by Crippen LogP contribution is 2.26. The lowest BCUT2D eigenvalue weighted by Crippen LogP contribution is -2.53. The van der Waals surface area contributed by atoms with Gasteiger partial charge in [-0.05, 0) is 55.2 Å². The number of sulfonamides is 1. The SMILES string of the molecule is CC[C@H](C)CN(C[C@@H](O)[C@H](Cc1ccccc1)NC(=O)[C@@H]1CN(c2cccc(C(C)=O)c2)C(=O)O1)S(=O)(=O)c1ccc(OC)c(F)c1. The third kappa shape index (κ3) is 8.73. The van der Waals surface area contributed by atoms with E-state index in [9.17, 15) is 32.3 Å². The second kappa shape index (κ2) is 15.5. The van der Waals surface area contributed by atoms with Gasteiger partial charge in [-0.3, -0.25) is 14.5 Å². The maximum Gasteiger partial charge on any atom is 0.415 e. The number of ketones is 1. The van der Waals surface area contributed by atoms with Crippen LogP contribution in [0.25, 0.3) is 0 Å². The van der Waals surface area contributed by atoms with Crippen molar-refractivity contribution >= 4 is 33.5 Å². The summed E-state index contributed by atoms with van der Waals surface area (Å²) in [5.74, 6) is -1.93. The van der Waals surface area contributed by atoms with E-state index < -0.39 is 52.6 Å². The summed E-state index contributed by atoms with van der Waals surface area (Å²) >= 11 is 0. The lowest BCUT2D eigenvalue weighted by molar-refractivity contribution is -0.129.